The van der Waals surface area contributed by atoms with Crippen LogP contribution in [-0.2, 0) is 0 Å². The van der Waals surface area contributed by atoms with Crippen LogP contribution in [0, 0.1) is 5.92 Å². The highest BCUT2D eigenvalue weighted by Crippen LogP contribution is 2.25. The molecule has 114 valence electrons. The molecule has 1 heterocycles. The van der Waals surface area contributed by atoms with Crippen molar-refractivity contribution in [2.75, 3.05) is 19.6 Å². The first-order valence-electron chi connectivity index (χ1n) is 6.75. The highest BCUT2D eigenvalue weighted by Gasteiger charge is 2.24. The van der Waals surface area contributed by atoms with Gasteiger partial charge in [0.25, 0.3) is 5.91 Å². The van der Waals surface area contributed by atoms with Crippen LogP contribution in [0.4, 0.5) is 4.79 Å². The first-order valence-corrected chi connectivity index (χ1v) is 7.92. The molecule has 0 saturated carbocycles. The monoisotopic (exact) mass is 373 g/mol. The quantitative estimate of drug-likeness (QED) is 0.853. The number of nitrogens with one attached hydrogen (secondary N) is 1. The van der Waals surface area contributed by atoms with Crippen molar-refractivity contribution < 1.29 is 9.59 Å². The van der Waals surface area contributed by atoms with Crippen LogP contribution in [0.3, 0.4) is 0 Å². The van der Waals surface area contributed by atoms with Crippen LogP contribution >= 0.6 is 27.5 Å². The minimum absolute atomic E-state index is 0.0341. The summed E-state index contributed by atoms with van der Waals surface area (Å²) < 4.78 is 0.767. The van der Waals surface area contributed by atoms with Gasteiger partial charge in [0.15, 0.2) is 0 Å². The van der Waals surface area contributed by atoms with Gasteiger partial charge in [0.05, 0.1) is 5.02 Å². The number of benzene rings is 1. The highest BCUT2D eigenvalue weighted by atomic mass is 79.9. The fourth-order valence-corrected chi connectivity index (χ4v) is 2.90. The molecule has 2 rings (SSSR count). The van der Waals surface area contributed by atoms with E-state index in [0.717, 1.165) is 23.9 Å². The van der Waals surface area contributed by atoms with Crippen LogP contribution in [0.25, 0.3) is 0 Å². The lowest BCUT2D eigenvalue weighted by atomic mass is 9.97. The van der Waals surface area contributed by atoms with Gasteiger partial charge in [-0.1, -0.05) is 11.6 Å². The van der Waals surface area contributed by atoms with Crippen molar-refractivity contribution >= 4 is 39.5 Å². The summed E-state index contributed by atoms with van der Waals surface area (Å²) in [6, 6.07) is 4.66. The number of rotatable bonds is 3. The molecule has 1 saturated heterocycles. The Morgan fingerprint density at radius 1 is 1.48 bits per heavy atom. The summed E-state index contributed by atoms with van der Waals surface area (Å²) in [7, 11) is 0. The van der Waals surface area contributed by atoms with E-state index in [2.05, 4.69) is 21.2 Å². The van der Waals surface area contributed by atoms with E-state index >= 15 is 0 Å². The molecular formula is C14H17BrClN3O2. The van der Waals surface area contributed by atoms with E-state index in [9.17, 15) is 9.59 Å². The largest absolute Gasteiger partial charge is 0.352 e. The molecule has 0 radical (unpaired) electrons. The molecule has 21 heavy (non-hydrogen) atoms. The van der Waals surface area contributed by atoms with Crippen molar-refractivity contribution in [2.45, 2.75) is 12.8 Å². The Kier molecular flexibility index (Phi) is 5.47. The van der Waals surface area contributed by atoms with Gasteiger partial charge in [0, 0.05) is 29.7 Å². The van der Waals surface area contributed by atoms with Gasteiger partial charge in [-0.25, -0.2) is 4.79 Å². The molecule has 0 bridgehead atoms. The number of urea groups is 1. The third-order valence-corrected chi connectivity index (χ3v) is 4.77. The molecule has 3 amide bonds. The average Bonchev–Trinajstić information content (AvgIpc) is 2.47. The molecule has 0 aliphatic carbocycles. The summed E-state index contributed by atoms with van der Waals surface area (Å²) in [6.07, 6.45) is 1.90. The fraction of sp³-hybridized carbons (Fsp3) is 0.429. The topological polar surface area (TPSA) is 75.4 Å². The summed E-state index contributed by atoms with van der Waals surface area (Å²) in [5.74, 6) is 0.203. The van der Waals surface area contributed by atoms with Gasteiger partial charge < -0.3 is 16.0 Å². The second kappa shape index (κ2) is 7.13. The minimum atomic E-state index is -0.529. The van der Waals surface area contributed by atoms with Crippen molar-refractivity contribution in [2.24, 2.45) is 11.7 Å². The minimum Gasteiger partial charge on any atom is -0.352 e. The smallest absolute Gasteiger partial charge is 0.312 e. The van der Waals surface area contributed by atoms with Gasteiger partial charge in [-0.05, 0) is 52.9 Å². The zero-order chi connectivity index (χ0) is 15.4. The first kappa shape index (κ1) is 16.1. The van der Waals surface area contributed by atoms with Crippen molar-refractivity contribution in [1.82, 2.24) is 10.2 Å². The maximum atomic E-state index is 12.5. The number of amides is 3. The molecule has 0 aromatic heterocycles. The van der Waals surface area contributed by atoms with Crippen LogP contribution in [0.2, 0.25) is 5.02 Å². The number of piperidine rings is 1. The zero-order valence-corrected chi connectivity index (χ0v) is 13.8. The lowest BCUT2D eigenvalue weighted by Gasteiger charge is -2.32. The zero-order valence-electron chi connectivity index (χ0n) is 11.4. The number of hydrogen-bond donors (Lipinski definition) is 2. The summed E-state index contributed by atoms with van der Waals surface area (Å²) in [5, 5.41) is 3.12. The lowest BCUT2D eigenvalue weighted by molar-refractivity contribution is 0.0675. The molecule has 7 heteroatoms. The normalized spacial score (nSPS) is 18.4. The van der Waals surface area contributed by atoms with Crippen LogP contribution in [0.1, 0.15) is 23.2 Å². The SMILES string of the molecule is NC(=O)NCC1CCCN(C(=O)c2ccc(Br)c(Cl)c2)C1. The summed E-state index contributed by atoms with van der Waals surface area (Å²) in [4.78, 5) is 25.0. The second-order valence-corrected chi connectivity index (χ2v) is 6.39. The van der Waals surface area contributed by atoms with Crippen molar-refractivity contribution in [3.8, 4) is 0 Å². The van der Waals surface area contributed by atoms with Crippen LogP contribution in [0.15, 0.2) is 22.7 Å². The van der Waals surface area contributed by atoms with Gasteiger partial charge in [0.1, 0.15) is 0 Å². The number of likely N-dealkylation sites (tertiary alicyclic amines) is 1. The van der Waals surface area contributed by atoms with Crippen molar-refractivity contribution in [3.63, 3.8) is 0 Å². The Morgan fingerprint density at radius 2 is 2.24 bits per heavy atom. The van der Waals surface area contributed by atoms with Gasteiger partial charge in [-0.3, -0.25) is 4.79 Å². The second-order valence-electron chi connectivity index (χ2n) is 5.13. The molecule has 1 aromatic rings. The first-order chi connectivity index (χ1) is 9.97. The lowest BCUT2D eigenvalue weighted by Crippen LogP contribution is -2.44. The van der Waals surface area contributed by atoms with E-state index in [4.69, 9.17) is 17.3 Å². The van der Waals surface area contributed by atoms with Crippen molar-refractivity contribution in [3.05, 3.63) is 33.3 Å². The van der Waals surface area contributed by atoms with E-state index in [1.165, 1.54) is 0 Å². The number of nitrogens with two attached hydrogens (primary N) is 1. The molecule has 5 nitrogen and oxygen atoms in total. The Labute approximate surface area is 136 Å². The third-order valence-electron chi connectivity index (χ3n) is 3.54. The molecular weight excluding hydrogens is 358 g/mol. The number of nitrogens with zero attached hydrogens (tertiary/aromatic N) is 1. The van der Waals surface area contributed by atoms with E-state index < -0.39 is 6.03 Å². The number of primary amides is 1. The van der Waals surface area contributed by atoms with E-state index in [1.54, 1.807) is 23.1 Å². The molecule has 3 N–H and O–H groups in total. The van der Waals surface area contributed by atoms with Gasteiger partial charge in [-0.2, -0.15) is 0 Å². The molecule has 0 spiro atoms. The highest BCUT2D eigenvalue weighted by molar-refractivity contribution is 9.10. The van der Waals surface area contributed by atoms with Crippen LogP contribution in [-0.4, -0.2) is 36.5 Å². The van der Waals surface area contributed by atoms with E-state index in [1.807, 2.05) is 0 Å². The van der Waals surface area contributed by atoms with Crippen molar-refractivity contribution in [1.29, 1.82) is 0 Å². The maximum absolute atomic E-state index is 12.5. The molecule has 1 aliphatic heterocycles. The van der Waals surface area contributed by atoms with Gasteiger partial charge in [0.2, 0.25) is 0 Å². The molecule has 1 aliphatic rings. The molecule has 1 atom stereocenters. The van der Waals surface area contributed by atoms with Crippen LogP contribution in [0.5, 0.6) is 0 Å². The molecule has 1 fully saturated rings. The molecule has 1 aromatic carbocycles. The van der Waals surface area contributed by atoms with Gasteiger partial charge >= 0.3 is 6.03 Å². The third kappa shape index (κ3) is 4.35. The Hall–Kier alpha value is -1.27. The van der Waals surface area contributed by atoms with Gasteiger partial charge in [-0.15, -0.1) is 0 Å². The molecule has 1 unspecified atom stereocenters. The van der Waals surface area contributed by atoms with E-state index in [-0.39, 0.29) is 11.8 Å². The predicted octanol–water partition coefficient (Wildman–Crippen LogP) is 2.62. The van der Waals surface area contributed by atoms with Crippen LogP contribution < -0.4 is 11.1 Å². The standard InChI is InChI=1S/C14H17BrClN3O2/c15-11-4-3-10(6-12(11)16)13(20)19-5-1-2-9(8-19)7-18-14(17)21/h3-4,6,9H,1-2,5,7-8H2,(H3,17,18,21). The number of halogens is 2. The number of hydrogen-bond acceptors (Lipinski definition) is 2. The maximum Gasteiger partial charge on any atom is 0.312 e. The number of carbonyl (C=O) groups is 2. The fourth-order valence-electron chi connectivity index (χ4n) is 2.47. The Morgan fingerprint density at radius 3 is 2.90 bits per heavy atom. The summed E-state index contributed by atoms with van der Waals surface area (Å²) in [5.41, 5.74) is 5.65. The Balaban J connectivity index is 2.01. The van der Waals surface area contributed by atoms with E-state index in [0.29, 0.717) is 23.7 Å². The summed E-state index contributed by atoms with van der Waals surface area (Å²) >= 11 is 9.34. The predicted molar refractivity (Wildman–Crippen MR) is 85.4 cm³/mol. The average molecular weight is 375 g/mol. The summed E-state index contributed by atoms with van der Waals surface area (Å²) in [6.45, 7) is 1.84. The number of carbonyl (C=O) groups excluding carboxylic acids is 2. The Bertz CT molecular complexity index is 553.